The van der Waals surface area contributed by atoms with Gasteiger partial charge in [0.2, 0.25) is 5.85 Å². The maximum Gasteiger partial charge on any atom is 0.473 e. The van der Waals surface area contributed by atoms with Crippen molar-refractivity contribution in [1.82, 2.24) is 9.55 Å². The quantitative estimate of drug-likeness (QED) is 0.248. The summed E-state index contributed by atoms with van der Waals surface area (Å²) < 4.78 is 44.0. The normalized spacial score (nSPS) is 27.1. The average molecular weight is 483 g/mol. The van der Waals surface area contributed by atoms with Crippen LogP contribution in [0.1, 0.15) is 17.8 Å². The molecule has 0 bridgehead atoms. The number of aliphatic hydroxyl groups is 2. The van der Waals surface area contributed by atoms with Gasteiger partial charge in [-0.15, -0.1) is 0 Å². The first-order valence-electron chi connectivity index (χ1n) is 8.49. The van der Waals surface area contributed by atoms with Crippen LogP contribution in [0.15, 0.2) is 39.9 Å². The number of aliphatic hydroxyl groups excluding tert-OH is 2. The maximum absolute atomic E-state index is 12.2. The highest BCUT2D eigenvalue weighted by molar-refractivity contribution is 7.53. The molecule has 15 nitrogen and oxygen atoms in total. The SMILES string of the molecule is Nc1ccn([C@@H]2O[C@H](COP(=O)(O)O[C@H](c3ccco3)P(=O)(O)O)[C@@H](O)[C@H]2O)c(=O)n1. The molecule has 0 radical (unpaired) electrons. The van der Waals surface area contributed by atoms with Crippen LogP contribution in [-0.4, -0.2) is 59.4 Å². The number of furan rings is 1. The Balaban J connectivity index is 1.69. The summed E-state index contributed by atoms with van der Waals surface area (Å²) in [5.74, 6) is -2.73. The molecule has 172 valence electrons. The standard InChI is InChI=1S/C14H19N3O12P2/c15-9-3-4-17(14(20)16-9)12-11(19)10(18)8(28-12)6-27-31(24,25)29-13(30(21,22)23)7-2-1-5-26-7/h1-5,8,10-13,18-19H,6H2,(H,24,25)(H2,15,16,20)(H2,21,22,23)/t8-,10-,11-,12-,13+/m1/s1. The number of phosphoric ester groups is 1. The fraction of sp³-hybridized carbons (Fsp3) is 0.429. The van der Waals surface area contributed by atoms with Gasteiger partial charge in [0.25, 0.3) is 0 Å². The summed E-state index contributed by atoms with van der Waals surface area (Å²) in [6.07, 6.45) is -3.87. The van der Waals surface area contributed by atoms with Crippen LogP contribution in [0.5, 0.6) is 0 Å². The molecule has 3 rings (SSSR count). The molecule has 1 fully saturated rings. The van der Waals surface area contributed by atoms with Crippen LogP contribution in [-0.2, 0) is 22.9 Å². The minimum atomic E-state index is -5.12. The van der Waals surface area contributed by atoms with E-state index in [2.05, 4.69) is 14.0 Å². The van der Waals surface area contributed by atoms with Gasteiger partial charge in [-0.3, -0.25) is 18.2 Å². The largest absolute Gasteiger partial charge is 0.473 e. The lowest BCUT2D eigenvalue weighted by molar-refractivity contribution is -0.0557. The van der Waals surface area contributed by atoms with Gasteiger partial charge in [0.1, 0.15) is 29.9 Å². The number of hydrogen-bond acceptors (Lipinski definition) is 11. The number of phosphoric acid groups is 1. The maximum atomic E-state index is 12.2. The van der Waals surface area contributed by atoms with Crippen LogP contribution in [0.4, 0.5) is 5.82 Å². The molecule has 0 saturated carbocycles. The zero-order valence-corrected chi connectivity index (χ0v) is 17.2. The number of hydrogen-bond donors (Lipinski definition) is 6. The molecule has 0 aromatic carbocycles. The first-order chi connectivity index (χ1) is 14.4. The van der Waals surface area contributed by atoms with Crippen molar-refractivity contribution in [2.24, 2.45) is 0 Å². The molecule has 1 saturated heterocycles. The zero-order valence-electron chi connectivity index (χ0n) is 15.4. The summed E-state index contributed by atoms with van der Waals surface area (Å²) in [6.45, 7) is -0.842. The first-order valence-corrected chi connectivity index (χ1v) is 11.7. The molecule has 31 heavy (non-hydrogen) atoms. The van der Waals surface area contributed by atoms with E-state index in [1.54, 1.807) is 0 Å². The molecule has 0 spiro atoms. The van der Waals surface area contributed by atoms with E-state index in [-0.39, 0.29) is 5.82 Å². The Morgan fingerprint density at radius 3 is 2.52 bits per heavy atom. The van der Waals surface area contributed by atoms with Crippen molar-refractivity contribution in [3.05, 3.63) is 46.9 Å². The predicted molar refractivity (Wildman–Crippen MR) is 99.2 cm³/mol. The number of nitrogen functional groups attached to an aromatic ring is 1. The molecule has 3 heterocycles. The van der Waals surface area contributed by atoms with Crippen molar-refractivity contribution in [2.75, 3.05) is 12.3 Å². The van der Waals surface area contributed by atoms with Crippen molar-refractivity contribution in [3.8, 4) is 0 Å². The Kier molecular flexibility index (Phi) is 6.84. The van der Waals surface area contributed by atoms with Crippen molar-refractivity contribution in [1.29, 1.82) is 0 Å². The van der Waals surface area contributed by atoms with Gasteiger partial charge in [-0.25, -0.2) is 9.36 Å². The Morgan fingerprint density at radius 1 is 1.23 bits per heavy atom. The third-order valence-electron chi connectivity index (χ3n) is 4.19. The third-order valence-corrected chi connectivity index (χ3v) is 6.28. The fourth-order valence-electron chi connectivity index (χ4n) is 2.75. The Hall–Kier alpha value is -1.90. The number of nitrogens with zero attached hydrogens (tertiary/aromatic N) is 2. The van der Waals surface area contributed by atoms with Gasteiger partial charge in [0.15, 0.2) is 6.23 Å². The minimum Gasteiger partial charge on any atom is -0.466 e. The van der Waals surface area contributed by atoms with Crippen LogP contribution in [0.3, 0.4) is 0 Å². The van der Waals surface area contributed by atoms with E-state index in [0.717, 1.165) is 16.9 Å². The van der Waals surface area contributed by atoms with Crippen LogP contribution >= 0.6 is 15.4 Å². The number of anilines is 1. The van der Waals surface area contributed by atoms with Gasteiger partial charge < -0.3 is 39.8 Å². The Bertz CT molecular complexity index is 1050. The summed E-state index contributed by atoms with van der Waals surface area (Å²) in [4.78, 5) is 44.0. The number of ether oxygens (including phenoxy) is 1. The topological polar surface area (TPSA) is 237 Å². The highest BCUT2D eigenvalue weighted by Gasteiger charge is 2.46. The van der Waals surface area contributed by atoms with E-state index < -0.39 is 63.9 Å². The van der Waals surface area contributed by atoms with Gasteiger partial charge in [-0.05, 0) is 18.2 Å². The summed E-state index contributed by atoms with van der Waals surface area (Å²) in [5.41, 5.74) is 4.51. The molecule has 7 N–H and O–H groups in total. The van der Waals surface area contributed by atoms with Crippen LogP contribution in [0, 0.1) is 0 Å². The summed E-state index contributed by atoms with van der Waals surface area (Å²) in [7, 11) is -10.2. The van der Waals surface area contributed by atoms with E-state index in [0.29, 0.717) is 0 Å². The van der Waals surface area contributed by atoms with Gasteiger partial charge in [-0.2, -0.15) is 4.98 Å². The number of aromatic nitrogens is 2. The highest BCUT2D eigenvalue weighted by atomic mass is 31.2. The van der Waals surface area contributed by atoms with Gasteiger partial charge in [0.05, 0.1) is 12.9 Å². The molecule has 2 aromatic rings. The predicted octanol–water partition coefficient (Wildman–Crippen LogP) is -0.952. The molecule has 0 amide bonds. The van der Waals surface area contributed by atoms with Gasteiger partial charge >= 0.3 is 21.1 Å². The lowest BCUT2D eigenvalue weighted by Crippen LogP contribution is -2.36. The molecular weight excluding hydrogens is 464 g/mol. The van der Waals surface area contributed by atoms with E-state index >= 15 is 0 Å². The average Bonchev–Trinajstić information content (AvgIpc) is 3.28. The smallest absolute Gasteiger partial charge is 0.466 e. The molecule has 1 unspecified atom stereocenters. The molecule has 0 aliphatic carbocycles. The van der Waals surface area contributed by atoms with E-state index in [9.17, 15) is 38.8 Å². The number of rotatable bonds is 8. The highest BCUT2D eigenvalue weighted by Crippen LogP contribution is 2.60. The van der Waals surface area contributed by atoms with Crippen LogP contribution in [0.2, 0.25) is 0 Å². The summed E-state index contributed by atoms with van der Waals surface area (Å²) in [5, 5.41) is 20.3. The summed E-state index contributed by atoms with van der Waals surface area (Å²) >= 11 is 0. The lowest BCUT2D eigenvalue weighted by Gasteiger charge is -2.21. The van der Waals surface area contributed by atoms with Crippen LogP contribution < -0.4 is 11.4 Å². The second-order valence-corrected chi connectivity index (χ2v) is 9.47. The van der Waals surface area contributed by atoms with Crippen molar-refractivity contribution in [2.45, 2.75) is 30.4 Å². The van der Waals surface area contributed by atoms with Crippen molar-refractivity contribution >= 4 is 21.2 Å². The molecule has 1 aliphatic rings. The summed E-state index contributed by atoms with van der Waals surface area (Å²) in [6, 6.07) is 3.65. The lowest BCUT2D eigenvalue weighted by atomic mass is 10.1. The van der Waals surface area contributed by atoms with Gasteiger partial charge in [0, 0.05) is 6.20 Å². The van der Waals surface area contributed by atoms with Crippen LogP contribution in [0.25, 0.3) is 0 Å². The van der Waals surface area contributed by atoms with Crippen molar-refractivity contribution in [3.63, 3.8) is 0 Å². The minimum absolute atomic E-state index is 0.0799. The first kappa shape index (κ1) is 23.8. The number of nitrogens with two attached hydrogens (primary N) is 1. The molecule has 17 heteroatoms. The van der Waals surface area contributed by atoms with E-state index in [1.807, 2.05) is 0 Å². The van der Waals surface area contributed by atoms with Gasteiger partial charge in [-0.1, -0.05) is 0 Å². The molecule has 1 aliphatic heterocycles. The Labute approximate surface area is 173 Å². The second-order valence-electron chi connectivity index (χ2n) is 6.42. The zero-order chi connectivity index (χ0) is 23.0. The van der Waals surface area contributed by atoms with E-state index in [1.165, 1.54) is 18.3 Å². The monoisotopic (exact) mass is 483 g/mol. The molecule has 6 atom stereocenters. The Morgan fingerprint density at radius 2 is 1.94 bits per heavy atom. The van der Waals surface area contributed by atoms with Crippen molar-refractivity contribution < 1.29 is 52.2 Å². The van der Waals surface area contributed by atoms with E-state index in [4.69, 9.17) is 14.9 Å². The third kappa shape index (κ3) is 5.48. The molecular formula is C14H19N3O12P2. The second kappa shape index (κ2) is 8.92. The fourth-order valence-corrected chi connectivity index (χ4v) is 4.83. The molecule has 2 aromatic heterocycles.